The lowest BCUT2D eigenvalue weighted by Gasteiger charge is -2.37. The Morgan fingerprint density at radius 1 is 1.10 bits per heavy atom. The number of halogens is 1. The summed E-state index contributed by atoms with van der Waals surface area (Å²) >= 11 is 8.30. The molecule has 0 radical (unpaired) electrons. The molecule has 7 heteroatoms. The predicted molar refractivity (Wildman–Crippen MR) is 163 cm³/mol. The molecule has 0 aliphatic heterocycles. The molecule has 1 aliphatic carbocycles. The summed E-state index contributed by atoms with van der Waals surface area (Å²) in [6, 6.07) is 18.1. The first-order chi connectivity index (χ1) is 18.9. The van der Waals surface area contributed by atoms with Gasteiger partial charge in [0.2, 0.25) is 0 Å². The number of thiophene rings is 1. The topological polar surface area (TPSA) is 68.5 Å². The van der Waals surface area contributed by atoms with E-state index < -0.39 is 0 Å². The van der Waals surface area contributed by atoms with Gasteiger partial charge in [-0.3, -0.25) is 4.79 Å². The van der Waals surface area contributed by atoms with E-state index in [0.29, 0.717) is 28.9 Å². The van der Waals surface area contributed by atoms with Crippen molar-refractivity contribution in [3.8, 4) is 16.9 Å². The van der Waals surface area contributed by atoms with Gasteiger partial charge in [-0.05, 0) is 81.3 Å². The molecule has 4 aromatic rings. The fourth-order valence-electron chi connectivity index (χ4n) is 5.75. The number of hydrogen-bond donors (Lipinski definition) is 1. The molecule has 5 nitrogen and oxygen atoms in total. The summed E-state index contributed by atoms with van der Waals surface area (Å²) in [5, 5.41) is 1.49. The van der Waals surface area contributed by atoms with Crippen molar-refractivity contribution in [1.82, 2.24) is 9.88 Å². The van der Waals surface area contributed by atoms with Crippen LogP contribution in [0.3, 0.4) is 0 Å². The number of nitrogens with two attached hydrogens (primary N) is 1. The van der Waals surface area contributed by atoms with Gasteiger partial charge >= 0.3 is 0 Å². The highest BCUT2D eigenvalue weighted by molar-refractivity contribution is 7.21. The smallest absolute Gasteiger partial charge is 0.266 e. The Balaban J connectivity index is 1.55. The number of aromatic nitrogens is 1. The Hall–Kier alpha value is -3.09. The normalized spacial score (nSPS) is 17.3. The molecule has 5 rings (SSSR count). The van der Waals surface area contributed by atoms with Crippen molar-refractivity contribution < 1.29 is 9.53 Å². The zero-order valence-corrected chi connectivity index (χ0v) is 24.4. The van der Waals surface area contributed by atoms with Gasteiger partial charge in [-0.1, -0.05) is 49.2 Å². The molecular formula is C32H36ClN3O2S. The highest BCUT2D eigenvalue weighted by atomic mass is 35.5. The third kappa shape index (κ3) is 5.78. The summed E-state index contributed by atoms with van der Waals surface area (Å²) in [6.07, 6.45) is 5.46. The van der Waals surface area contributed by atoms with Crippen molar-refractivity contribution in [2.75, 3.05) is 12.3 Å². The highest BCUT2D eigenvalue weighted by Gasteiger charge is 2.32. The molecule has 1 fully saturated rings. The van der Waals surface area contributed by atoms with Gasteiger partial charge < -0.3 is 15.4 Å². The summed E-state index contributed by atoms with van der Waals surface area (Å²) in [7, 11) is 0. The molecule has 39 heavy (non-hydrogen) atoms. The first-order valence-electron chi connectivity index (χ1n) is 13.9. The molecule has 2 heterocycles. The van der Waals surface area contributed by atoms with E-state index in [1.807, 2.05) is 56.3 Å². The Morgan fingerprint density at radius 3 is 2.56 bits per heavy atom. The third-order valence-electron chi connectivity index (χ3n) is 7.94. The van der Waals surface area contributed by atoms with Gasteiger partial charge in [0.25, 0.3) is 5.91 Å². The number of hydrogen-bond acceptors (Lipinski definition) is 5. The number of nitrogens with zero attached hydrogens (tertiary/aromatic N) is 2. The fraction of sp³-hybridized carbons (Fsp3) is 0.375. The van der Waals surface area contributed by atoms with Crippen LogP contribution in [-0.2, 0) is 6.54 Å². The van der Waals surface area contributed by atoms with Crippen LogP contribution >= 0.6 is 22.9 Å². The average molecular weight is 562 g/mol. The number of amides is 1. The number of ether oxygens (including phenoxy) is 1. The van der Waals surface area contributed by atoms with Crippen LogP contribution in [-0.4, -0.2) is 28.4 Å². The minimum absolute atomic E-state index is 0.000619. The molecular weight excluding hydrogens is 526 g/mol. The minimum atomic E-state index is -0.000619. The van der Waals surface area contributed by atoms with Crippen LogP contribution in [0.15, 0.2) is 54.6 Å². The predicted octanol–water partition coefficient (Wildman–Crippen LogP) is 8.52. The monoisotopic (exact) mass is 561 g/mol. The average Bonchev–Trinajstić information content (AvgIpc) is 3.29. The second-order valence-electron chi connectivity index (χ2n) is 10.4. The van der Waals surface area contributed by atoms with Gasteiger partial charge in [0.15, 0.2) is 0 Å². The maximum atomic E-state index is 14.3. The zero-order valence-electron chi connectivity index (χ0n) is 22.9. The van der Waals surface area contributed by atoms with Crippen molar-refractivity contribution in [2.24, 2.45) is 5.92 Å². The zero-order chi connectivity index (χ0) is 27.5. The number of carbonyl (C=O) groups excluding carboxylic acids is 1. The maximum Gasteiger partial charge on any atom is 0.266 e. The second kappa shape index (κ2) is 12.0. The number of rotatable bonds is 8. The van der Waals surface area contributed by atoms with E-state index in [1.54, 1.807) is 0 Å². The molecule has 2 aromatic heterocycles. The van der Waals surface area contributed by atoms with Crippen molar-refractivity contribution in [1.29, 1.82) is 0 Å². The molecule has 0 saturated heterocycles. The molecule has 0 unspecified atom stereocenters. The number of carbonyl (C=O) groups is 1. The number of pyridine rings is 1. The summed E-state index contributed by atoms with van der Waals surface area (Å²) < 4.78 is 7.09. The molecule has 2 aromatic carbocycles. The van der Waals surface area contributed by atoms with E-state index in [1.165, 1.54) is 17.8 Å². The first kappa shape index (κ1) is 27.5. The lowest BCUT2D eigenvalue weighted by Crippen LogP contribution is -2.41. The van der Waals surface area contributed by atoms with Crippen LogP contribution in [0.5, 0.6) is 5.75 Å². The second-order valence-corrected chi connectivity index (χ2v) is 11.8. The van der Waals surface area contributed by atoms with Crippen LogP contribution < -0.4 is 10.5 Å². The molecule has 2 N–H and O–H groups in total. The molecule has 0 atom stereocenters. The van der Waals surface area contributed by atoms with Crippen LogP contribution in [0.4, 0.5) is 5.82 Å². The SMILES string of the molecule is CCOc1ccc(-c2ccc(N)nc2C)cc1CN(C(=O)c1sc2ccccc2c1Cl)C1CCC(CC)CC1. The van der Waals surface area contributed by atoms with Crippen LogP contribution in [0.1, 0.15) is 66.9 Å². The van der Waals surface area contributed by atoms with Gasteiger partial charge in [0.05, 0.1) is 11.6 Å². The number of anilines is 1. The van der Waals surface area contributed by atoms with Crippen molar-refractivity contribution >= 4 is 44.7 Å². The Labute approximate surface area is 240 Å². The quantitative estimate of drug-likeness (QED) is 0.234. The van der Waals surface area contributed by atoms with E-state index in [9.17, 15) is 4.79 Å². The minimum Gasteiger partial charge on any atom is -0.494 e. The molecule has 0 spiro atoms. The number of fused-ring (bicyclic) bond motifs is 1. The van der Waals surface area contributed by atoms with Crippen molar-refractivity contribution in [3.05, 3.63) is 75.8 Å². The van der Waals surface area contributed by atoms with E-state index in [0.717, 1.165) is 69.8 Å². The number of aryl methyl sites for hydroxylation is 1. The Kier molecular flexibility index (Phi) is 8.43. The van der Waals surface area contributed by atoms with Crippen molar-refractivity contribution in [3.63, 3.8) is 0 Å². The fourth-order valence-corrected chi connectivity index (χ4v) is 7.22. The van der Waals surface area contributed by atoms with Gasteiger partial charge in [-0.15, -0.1) is 11.3 Å². The third-order valence-corrected chi connectivity index (χ3v) is 9.61. The molecule has 204 valence electrons. The summed E-state index contributed by atoms with van der Waals surface area (Å²) in [4.78, 5) is 21.4. The van der Waals surface area contributed by atoms with Crippen LogP contribution in [0.2, 0.25) is 5.02 Å². The summed E-state index contributed by atoms with van der Waals surface area (Å²) in [6.45, 7) is 7.21. The van der Waals surface area contributed by atoms with Crippen LogP contribution in [0, 0.1) is 12.8 Å². The number of benzene rings is 2. The number of nitrogen functional groups attached to an aromatic ring is 1. The van der Waals surface area contributed by atoms with Crippen molar-refractivity contribution in [2.45, 2.75) is 65.5 Å². The van der Waals surface area contributed by atoms with Gasteiger partial charge in [0.1, 0.15) is 16.4 Å². The van der Waals surface area contributed by atoms with Crippen LogP contribution in [0.25, 0.3) is 21.2 Å². The van der Waals surface area contributed by atoms with Gasteiger partial charge in [0, 0.05) is 39.5 Å². The molecule has 1 saturated carbocycles. The van der Waals surface area contributed by atoms with E-state index in [4.69, 9.17) is 22.1 Å². The Bertz CT molecular complexity index is 1480. The largest absolute Gasteiger partial charge is 0.494 e. The lowest BCUT2D eigenvalue weighted by atomic mass is 9.83. The summed E-state index contributed by atoms with van der Waals surface area (Å²) in [5.41, 5.74) is 9.80. The first-order valence-corrected chi connectivity index (χ1v) is 15.1. The molecule has 0 bridgehead atoms. The van der Waals surface area contributed by atoms with Gasteiger partial charge in [-0.25, -0.2) is 4.98 Å². The van der Waals surface area contributed by atoms with E-state index in [-0.39, 0.29) is 11.9 Å². The highest BCUT2D eigenvalue weighted by Crippen LogP contribution is 2.39. The molecule has 1 aliphatic rings. The molecule has 1 amide bonds. The maximum absolute atomic E-state index is 14.3. The summed E-state index contributed by atoms with van der Waals surface area (Å²) in [5.74, 6) is 2.03. The lowest BCUT2D eigenvalue weighted by molar-refractivity contribution is 0.0590. The Morgan fingerprint density at radius 2 is 1.87 bits per heavy atom. The van der Waals surface area contributed by atoms with Gasteiger partial charge in [-0.2, -0.15) is 0 Å². The standard InChI is InChI=1S/C32H36ClN3O2S/c1-4-21-10-13-24(14-11-21)36(32(37)31-30(33)26-8-6-7-9-28(26)39-31)19-23-18-22(12-16-27(23)38-5-2)25-15-17-29(34)35-20(25)3/h6-9,12,15-18,21,24H,4-5,10-11,13-14,19H2,1-3H3,(H2,34,35). The van der Waals surface area contributed by atoms with E-state index in [2.05, 4.69) is 28.9 Å². The van der Waals surface area contributed by atoms with E-state index >= 15 is 0 Å².